The average Bonchev–Trinajstić information content (AvgIpc) is 2.75. The van der Waals surface area contributed by atoms with Gasteiger partial charge >= 0.3 is 0 Å². The normalized spacial score (nSPS) is 24.4. The summed E-state index contributed by atoms with van der Waals surface area (Å²) in [6.45, 7) is 6.19. The van der Waals surface area contributed by atoms with Gasteiger partial charge in [-0.05, 0) is 50.3 Å². The fraction of sp³-hybridized carbons (Fsp3) is 0.545. The predicted octanol–water partition coefficient (Wildman–Crippen LogP) is 3.82. The molecular weight excluding hydrogens is 372 g/mol. The Hall–Kier alpha value is -1.69. The fourth-order valence-electron chi connectivity index (χ4n) is 4.46. The van der Waals surface area contributed by atoms with Gasteiger partial charge in [-0.15, -0.1) is 0 Å². The van der Waals surface area contributed by atoms with E-state index in [1.54, 1.807) is 6.33 Å². The van der Waals surface area contributed by atoms with E-state index in [0.717, 1.165) is 49.8 Å². The Morgan fingerprint density at radius 3 is 2.54 bits per heavy atom. The van der Waals surface area contributed by atoms with E-state index < -0.39 is 0 Å². The Morgan fingerprint density at radius 1 is 1.11 bits per heavy atom. The first-order valence-corrected chi connectivity index (χ1v) is 10.7. The quantitative estimate of drug-likeness (QED) is 0.763. The van der Waals surface area contributed by atoms with Gasteiger partial charge in [-0.1, -0.05) is 23.7 Å². The van der Waals surface area contributed by atoms with Crippen molar-refractivity contribution >= 4 is 17.3 Å². The van der Waals surface area contributed by atoms with Crippen LogP contribution in [0.2, 0.25) is 5.02 Å². The molecule has 2 aliphatic heterocycles. The molecule has 0 N–H and O–H groups in total. The third-order valence-corrected chi connectivity index (χ3v) is 6.29. The molecule has 28 heavy (non-hydrogen) atoms. The molecule has 2 fully saturated rings. The SMILES string of the molecule is C[C@H]1CN(C2CCN(c3cncnc3)CC2)[C@@H](CCc2ccc(Cl)cc2)CO1. The van der Waals surface area contributed by atoms with Crippen molar-refractivity contribution in [3.8, 4) is 0 Å². The topological polar surface area (TPSA) is 41.5 Å². The van der Waals surface area contributed by atoms with Crippen molar-refractivity contribution in [3.05, 3.63) is 53.6 Å². The number of rotatable bonds is 5. The number of ether oxygens (including phenoxy) is 1. The molecule has 1 aromatic carbocycles. The molecule has 5 nitrogen and oxygen atoms in total. The lowest BCUT2D eigenvalue weighted by atomic mass is 9.96. The number of hydrogen-bond donors (Lipinski definition) is 0. The van der Waals surface area contributed by atoms with Crippen LogP contribution in [0.25, 0.3) is 0 Å². The maximum atomic E-state index is 6.02. The average molecular weight is 401 g/mol. The summed E-state index contributed by atoms with van der Waals surface area (Å²) < 4.78 is 6.02. The van der Waals surface area contributed by atoms with E-state index in [0.29, 0.717) is 18.2 Å². The predicted molar refractivity (Wildman–Crippen MR) is 113 cm³/mol. The summed E-state index contributed by atoms with van der Waals surface area (Å²) in [5.41, 5.74) is 2.48. The summed E-state index contributed by atoms with van der Waals surface area (Å²) in [6.07, 6.45) is 10.3. The number of morpholine rings is 1. The van der Waals surface area contributed by atoms with Crippen molar-refractivity contribution in [3.63, 3.8) is 0 Å². The van der Waals surface area contributed by atoms with Crippen molar-refractivity contribution in [2.45, 2.75) is 50.8 Å². The Balaban J connectivity index is 1.36. The molecule has 0 aliphatic carbocycles. The van der Waals surface area contributed by atoms with E-state index in [9.17, 15) is 0 Å². The highest BCUT2D eigenvalue weighted by atomic mass is 35.5. The lowest BCUT2D eigenvalue weighted by Crippen LogP contribution is -2.56. The smallest absolute Gasteiger partial charge is 0.115 e. The van der Waals surface area contributed by atoms with E-state index in [1.807, 2.05) is 24.5 Å². The summed E-state index contributed by atoms with van der Waals surface area (Å²) in [4.78, 5) is 13.5. The van der Waals surface area contributed by atoms with Crippen LogP contribution in [0.15, 0.2) is 43.0 Å². The number of hydrogen-bond acceptors (Lipinski definition) is 5. The highest BCUT2D eigenvalue weighted by molar-refractivity contribution is 6.30. The van der Waals surface area contributed by atoms with Crippen molar-refractivity contribution in [1.82, 2.24) is 14.9 Å². The van der Waals surface area contributed by atoms with Crippen LogP contribution in [0.5, 0.6) is 0 Å². The molecule has 4 rings (SSSR count). The minimum absolute atomic E-state index is 0.312. The first kappa shape index (κ1) is 19.6. The van der Waals surface area contributed by atoms with Crippen molar-refractivity contribution < 1.29 is 4.74 Å². The third kappa shape index (κ3) is 4.83. The van der Waals surface area contributed by atoms with Crippen LogP contribution in [0.4, 0.5) is 5.69 Å². The van der Waals surface area contributed by atoms with Crippen molar-refractivity contribution in [2.75, 3.05) is 31.1 Å². The molecule has 3 heterocycles. The molecule has 150 valence electrons. The fourth-order valence-corrected chi connectivity index (χ4v) is 4.59. The molecule has 0 unspecified atom stereocenters. The minimum Gasteiger partial charge on any atom is -0.376 e. The summed E-state index contributed by atoms with van der Waals surface area (Å²) in [7, 11) is 0. The zero-order valence-electron chi connectivity index (χ0n) is 16.5. The standard InChI is InChI=1S/C22H29ClN4O/c1-17-14-27(20-8-10-26(11-9-20)22-12-24-16-25-13-22)21(15-28-17)7-4-18-2-5-19(23)6-3-18/h2-3,5-6,12-13,16-17,20-21H,4,7-11,14-15H2,1H3/t17-,21-/m0/s1. The van der Waals surface area contributed by atoms with Crippen molar-refractivity contribution in [2.24, 2.45) is 0 Å². The molecule has 0 radical (unpaired) electrons. The number of halogens is 1. The summed E-state index contributed by atoms with van der Waals surface area (Å²) >= 11 is 6.02. The molecule has 0 spiro atoms. The number of anilines is 1. The van der Waals surface area contributed by atoms with Crippen LogP contribution < -0.4 is 4.90 Å². The maximum absolute atomic E-state index is 6.02. The summed E-state index contributed by atoms with van der Waals surface area (Å²) in [5, 5.41) is 0.802. The number of aromatic nitrogens is 2. The summed E-state index contributed by atoms with van der Waals surface area (Å²) in [6, 6.07) is 9.36. The second-order valence-electron chi connectivity index (χ2n) is 7.97. The largest absolute Gasteiger partial charge is 0.376 e. The van der Waals surface area contributed by atoms with Crippen LogP contribution >= 0.6 is 11.6 Å². The minimum atomic E-state index is 0.312. The van der Waals surface area contributed by atoms with Gasteiger partial charge < -0.3 is 9.64 Å². The van der Waals surface area contributed by atoms with Crippen LogP contribution in [0, 0.1) is 0 Å². The van der Waals surface area contributed by atoms with Gasteiger partial charge in [-0.2, -0.15) is 0 Å². The maximum Gasteiger partial charge on any atom is 0.115 e. The molecule has 2 saturated heterocycles. The molecule has 0 bridgehead atoms. The van der Waals surface area contributed by atoms with E-state index >= 15 is 0 Å². The second kappa shape index (κ2) is 9.21. The molecular formula is C22H29ClN4O. The first-order valence-electron chi connectivity index (χ1n) is 10.3. The highest BCUT2D eigenvalue weighted by Gasteiger charge is 2.34. The molecule has 1 aromatic heterocycles. The van der Waals surface area contributed by atoms with Gasteiger partial charge in [0.25, 0.3) is 0 Å². The van der Waals surface area contributed by atoms with Gasteiger partial charge in [0.05, 0.1) is 30.8 Å². The Labute approximate surface area is 172 Å². The van der Waals surface area contributed by atoms with Crippen molar-refractivity contribution in [1.29, 1.82) is 0 Å². The molecule has 2 aromatic rings. The van der Waals surface area contributed by atoms with Crippen LogP contribution in [0.1, 0.15) is 31.7 Å². The second-order valence-corrected chi connectivity index (χ2v) is 8.41. The number of piperidine rings is 1. The monoisotopic (exact) mass is 400 g/mol. The Bertz CT molecular complexity index is 734. The third-order valence-electron chi connectivity index (χ3n) is 6.04. The lowest BCUT2D eigenvalue weighted by molar-refractivity contribution is -0.0767. The lowest BCUT2D eigenvalue weighted by Gasteiger charge is -2.46. The molecule has 2 atom stereocenters. The van der Waals surface area contributed by atoms with E-state index in [2.05, 4.69) is 38.8 Å². The van der Waals surface area contributed by atoms with Crippen LogP contribution in [0.3, 0.4) is 0 Å². The Kier molecular flexibility index (Phi) is 6.45. The first-order chi connectivity index (χ1) is 13.7. The number of benzene rings is 1. The van der Waals surface area contributed by atoms with Gasteiger partial charge in [0.1, 0.15) is 6.33 Å². The number of aryl methyl sites for hydroxylation is 1. The van der Waals surface area contributed by atoms with Gasteiger partial charge in [0.2, 0.25) is 0 Å². The van der Waals surface area contributed by atoms with E-state index in [-0.39, 0.29) is 0 Å². The molecule has 0 amide bonds. The Morgan fingerprint density at radius 2 is 1.82 bits per heavy atom. The van der Waals surface area contributed by atoms with Gasteiger partial charge in [0, 0.05) is 36.7 Å². The summed E-state index contributed by atoms with van der Waals surface area (Å²) in [5.74, 6) is 0. The van der Waals surface area contributed by atoms with Crippen LogP contribution in [-0.4, -0.2) is 59.3 Å². The highest BCUT2D eigenvalue weighted by Crippen LogP contribution is 2.27. The zero-order chi connectivity index (χ0) is 19.3. The molecule has 2 aliphatic rings. The molecule has 6 heteroatoms. The molecule has 0 saturated carbocycles. The van der Waals surface area contributed by atoms with Gasteiger partial charge in [-0.25, -0.2) is 9.97 Å². The van der Waals surface area contributed by atoms with Gasteiger partial charge in [-0.3, -0.25) is 4.90 Å². The van der Waals surface area contributed by atoms with E-state index in [4.69, 9.17) is 16.3 Å². The number of nitrogens with zero attached hydrogens (tertiary/aromatic N) is 4. The zero-order valence-corrected chi connectivity index (χ0v) is 17.3. The van der Waals surface area contributed by atoms with Crippen LogP contribution in [-0.2, 0) is 11.2 Å². The van der Waals surface area contributed by atoms with E-state index in [1.165, 1.54) is 18.4 Å². The van der Waals surface area contributed by atoms with Gasteiger partial charge in [0.15, 0.2) is 0 Å².